The topological polar surface area (TPSA) is 136 Å². The van der Waals surface area contributed by atoms with Crippen molar-refractivity contribution in [3.63, 3.8) is 0 Å². The van der Waals surface area contributed by atoms with Gasteiger partial charge in [-0.3, -0.25) is 15.1 Å². The maximum absolute atomic E-state index is 13.7. The van der Waals surface area contributed by atoms with Crippen molar-refractivity contribution >= 4 is 29.4 Å². The molecule has 3 rings (SSSR count). The standard InChI is InChI=1S/C23H19ClF7N7O3/c24-13-3-1-12(2-4-13)19(32)37(9-17(39)23(29,30)31)21(41)33-8-18-35-11-38(36-18)16-6-5-14(25)7-15(16)20(40)34-10-22(26,27)28/h1-7,11,17,32,39H,8-10H2,(H,33,41)(H,34,40)/t17-/m0/s1. The highest BCUT2D eigenvalue weighted by atomic mass is 35.5. The number of aliphatic hydroxyl groups is 1. The molecule has 0 radical (unpaired) electrons. The van der Waals surface area contributed by atoms with E-state index in [1.807, 2.05) is 0 Å². The SMILES string of the molecule is N=C(c1ccc(Cl)cc1)N(C[C@H](O)C(F)(F)F)C(=O)NCc1ncn(-c2ccc(F)cc2C(=O)NCC(F)(F)F)n1. The largest absolute Gasteiger partial charge is 0.416 e. The van der Waals surface area contributed by atoms with Gasteiger partial charge in [0.05, 0.1) is 24.3 Å². The maximum atomic E-state index is 13.7. The van der Waals surface area contributed by atoms with Gasteiger partial charge in [-0.2, -0.15) is 26.3 Å². The summed E-state index contributed by atoms with van der Waals surface area (Å²) in [4.78, 5) is 29.2. The molecule has 0 spiro atoms. The first-order chi connectivity index (χ1) is 19.0. The van der Waals surface area contributed by atoms with Gasteiger partial charge in [0, 0.05) is 10.6 Å². The van der Waals surface area contributed by atoms with E-state index in [1.54, 1.807) is 5.32 Å². The predicted octanol–water partition coefficient (Wildman–Crippen LogP) is 3.81. The quantitative estimate of drug-likeness (QED) is 0.175. The Balaban J connectivity index is 1.78. The minimum absolute atomic E-state index is 0.00830. The fourth-order valence-corrected chi connectivity index (χ4v) is 3.35. The van der Waals surface area contributed by atoms with E-state index >= 15 is 0 Å². The number of hydrogen-bond donors (Lipinski definition) is 4. The molecule has 0 fully saturated rings. The molecule has 1 aromatic heterocycles. The van der Waals surface area contributed by atoms with Crippen LogP contribution in [0.4, 0.5) is 35.5 Å². The van der Waals surface area contributed by atoms with Gasteiger partial charge in [-0.25, -0.2) is 18.9 Å². The number of carbonyl (C=O) groups excluding carboxylic acids is 2. The Bertz CT molecular complexity index is 1410. The van der Waals surface area contributed by atoms with Gasteiger partial charge in [0.25, 0.3) is 5.91 Å². The Morgan fingerprint density at radius 1 is 1.07 bits per heavy atom. The van der Waals surface area contributed by atoms with Crippen molar-refractivity contribution in [3.05, 3.63) is 76.6 Å². The second kappa shape index (κ2) is 12.5. The first-order valence-corrected chi connectivity index (χ1v) is 11.6. The van der Waals surface area contributed by atoms with Gasteiger partial charge in [-0.1, -0.05) is 11.6 Å². The highest BCUT2D eigenvalue weighted by Gasteiger charge is 2.41. The molecular formula is C23H19ClF7N7O3. The lowest BCUT2D eigenvalue weighted by Gasteiger charge is -2.26. The molecule has 10 nitrogen and oxygen atoms in total. The molecule has 2 aromatic carbocycles. The molecule has 1 atom stereocenters. The molecule has 3 amide bonds. The van der Waals surface area contributed by atoms with Crippen LogP contribution in [0.1, 0.15) is 21.7 Å². The Hall–Kier alpha value is -4.25. The van der Waals surface area contributed by atoms with Gasteiger partial charge >= 0.3 is 18.4 Å². The number of halogens is 8. The van der Waals surface area contributed by atoms with Crippen molar-refractivity contribution in [1.82, 2.24) is 30.3 Å². The molecule has 0 aliphatic rings. The average Bonchev–Trinajstić information content (AvgIpc) is 3.36. The van der Waals surface area contributed by atoms with E-state index in [4.69, 9.17) is 17.0 Å². The lowest BCUT2D eigenvalue weighted by atomic mass is 10.1. The average molecular weight is 610 g/mol. The molecular weight excluding hydrogens is 591 g/mol. The van der Waals surface area contributed by atoms with Crippen molar-refractivity contribution in [1.29, 1.82) is 5.41 Å². The third kappa shape index (κ3) is 8.62. The van der Waals surface area contributed by atoms with Gasteiger partial charge in [0.1, 0.15) is 24.5 Å². The Morgan fingerprint density at radius 2 is 1.73 bits per heavy atom. The van der Waals surface area contributed by atoms with Crippen LogP contribution < -0.4 is 10.6 Å². The van der Waals surface area contributed by atoms with E-state index < -0.39 is 67.2 Å². The highest BCUT2D eigenvalue weighted by molar-refractivity contribution is 6.30. The third-order valence-electron chi connectivity index (χ3n) is 5.20. The van der Waals surface area contributed by atoms with Crippen LogP contribution in [0.5, 0.6) is 0 Å². The number of nitrogens with zero attached hydrogens (tertiary/aromatic N) is 4. The molecule has 0 saturated heterocycles. The summed E-state index contributed by atoms with van der Waals surface area (Å²) in [5, 5.41) is 25.8. The lowest BCUT2D eigenvalue weighted by Crippen LogP contribution is -2.50. The van der Waals surface area contributed by atoms with Crippen LogP contribution in [0.15, 0.2) is 48.8 Å². The third-order valence-corrected chi connectivity index (χ3v) is 5.45. The number of benzene rings is 2. The zero-order chi connectivity index (χ0) is 30.5. The Morgan fingerprint density at radius 3 is 2.34 bits per heavy atom. The molecule has 41 heavy (non-hydrogen) atoms. The summed E-state index contributed by atoms with van der Waals surface area (Å²) < 4.78 is 91.1. The van der Waals surface area contributed by atoms with Crippen LogP contribution in [0.3, 0.4) is 0 Å². The number of urea groups is 1. The highest BCUT2D eigenvalue weighted by Crippen LogP contribution is 2.22. The summed E-state index contributed by atoms with van der Waals surface area (Å²) in [5.74, 6) is -3.06. The molecule has 3 aromatic rings. The minimum Gasteiger partial charge on any atom is -0.382 e. The van der Waals surface area contributed by atoms with Crippen molar-refractivity contribution in [2.45, 2.75) is 25.0 Å². The van der Waals surface area contributed by atoms with Crippen LogP contribution >= 0.6 is 11.6 Å². The van der Waals surface area contributed by atoms with E-state index in [0.29, 0.717) is 11.0 Å². The van der Waals surface area contributed by atoms with Crippen LogP contribution in [0.25, 0.3) is 5.69 Å². The number of hydrogen-bond acceptors (Lipinski definition) is 6. The van der Waals surface area contributed by atoms with E-state index in [2.05, 4.69) is 15.4 Å². The summed E-state index contributed by atoms with van der Waals surface area (Å²) in [5.41, 5.74) is -0.678. The number of aromatic nitrogens is 3. The number of aliphatic hydroxyl groups excluding tert-OH is 1. The second-order valence-corrected chi connectivity index (χ2v) is 8.68. The zero-order valence-corrected chi connectivity index (χ0v) is 21.1. The number of amidine groups is 1. The number of rotatable bonds is 8. The minimum atomic E-state index is -5.10. The molecule has 0 aliphatic carbocycles. The summed E-state index contributed by atoms with van der Waals surface area (Å²) in [6.45, 7) is -3.54. The lowest BCUT2D eigenvalue weighted by molar-refractivity contribution is -0.204. The molecule has 0 saturated carbocycles. The summed E-state index contributed by atoms with van der Waals surface area (Å²) in [7, 11) is 0. The van der Waals surface area contributed by atoms with E-state index in [-0.39, 0.29) is 22.1 Å². The van der Waals surface area contributed by atoms with Gasteiger partial charge < -0.3 is 15.7 Å². The van der Waals surface area contributed by atoms with Gasteiger partial charge in [-0.05, 0) is 42.5 Å². The number of carbonyl (C=O) groups is 2. The van der Waals surface area contributed by atoms with E-state index in [0.717, 1.165) is 23.1 Å². The summed E-state index contributed by atoms with van der Waals surface area (Å²) in [6, 6.07) is 6.62. The smallest absolute Gasteiger partial charge is 0.382 e. The normalized spacial score (nSPS) is 12.5. The monoisotopic (exact) mass is 609 g/mol. The fourth-order valence-electron chi connectivity index (χ4n) is 3.23. The van der Waals surface area contributed by atoms with Crippen molar-refractivity contribution in [2.75, 3.05) is 13.1 Å². The van der Waals surface area contributed by atoms with Crippen molar-refractivity contribution in [2.24, 2.45) is 0 Å². The first kappa shape index (κ1) is 31.3. The zero-order valence-electron chi connectivity index (χ0n) is 20.4. The van der Waals surface area contributed by atoms with Crippen LogP contribution in [-0.4, -0.2) is 74.1 Å². The summed E-state index contributed by atoms with van der Waals surface area (Å²) >= 11 is 5.78. The van der Waals surface area contributed by atoms with Crippen LogP contribution in [0.2, 0.25) is 5.02 Å². The molecule has 0 bridgehead atoms. The Kier molecular flexibility index (Phi) is 9.54. The molecule has 4 N–H and O–H groups in total. The first-order valence-electron chi connectivity index (χ1n) is 11.2. The molecule has 1 heterocycles. The maximum Gasteiger partial charge on any atom is 0.416 e. The molecule has 0 unspecified atom stereocenters. The number of nitrogens with one attached hydrogen (secondary N) is 3. The van der Waals surface area contributed by atoms with Gasteiger partial charge in [0.2, 0.25) is 0 Å². The predicted molar refractivity (Wildman–Crippen MR) is 129 cm³/mol. The second-order valence-electron chi connectivity index (χ2n) is 8.25. The number of alkyl halides is 6. The van der Waals surface area contributed by atoms with Crippen molar-refractivity contribution < 1.29 is 45.4 Å². The van der Waals surface area contributed by atoms with Crippen molar-refractivity contribution in [3.8, 4) is 5.69 Å². The van der Waals surface area contributed by atoms with Crippen LogP contribution in [0, 0.1) is 11.2 Å². The van der Waals surface area contributed by atoms with Gasteiger partial charge in [-0.15, -0.1) is 5.10 Å². The molecule has 18 heteroatoms. The van der Waals surface area contributed by atoms with Crippen LogP contribution in [-0.2, 0) is 6.54 Å². The summed E-state index contributed by atoms with van der Waals surface area (Å²) in [6.07, 6.45) is -11.8. The molecule has 220 valence electrons. The van der Waals surface area contributed by atoms with E-state index in [9.17, 15) is 45.4 Å². The van der Waals surface area contributed by atoms with Gasteiger partial charge in [0.15, 0.2) is 11.9 Å². The number of amides is 3. The Labute approximate surface area is 231 Å². The molecule has 0 aliphatic heterocycles. The fraction of sp³-hybridized carbons (Fsp3) is 0.261. The van der Waals surface area contributed by atoms with E-state index in [1.165, 1.54) is 24.3 Å².